The zero-order valence-corrected chi connectivity index (χ0v) is 13.8. The van der Waals surface area contributed by atoms with Gasteiger partial charge in [0.2, 0.25) is 0 Å². The second-order valence-electron chi connectivity index (χ2n) is 5.11. The van der Waals surface area contributed by atoms with Crippen molar-refractivity contribution in [3.63, 3.8) is 0 Å². The van der Waals surface area contributed by atoms with E-state index in [1.54, 1.807) is 0 Å². The normalized spacial score (nSPS) is 12.5. The zero-order valence-electron chi connectivity index (χ0n) is 11.5. The fourth-order valence-electron chi connectivity index (χ4n) is 2.14. The van der Waals surface area contributed by atoms with E-state index in [4.69, 9.17) is 11.6 Å². The van der Waals surface area contributed by atoms with Crippen LogP contribution >= 0.6 is 27.5 Å². The van der Waals surface area contributed by atoms with Crippen LogP contribution in [0.1, 0.15) is 33.2 Å². The Hall–Kier alpha value is -0.790. The third-order valence-corrected chi connectivity index (χ3v) is 4.72. The maximum atomic E-state index is 6.57. The molecule has 0 N–H and O–H groups in total. The molecule has 2 heteroatoms. The van der Waals surface area contributed by atoms with E-state index >= 15 is 0 Å². The third-order valence-electron chi connectivity index (χ3n) is 3.46. The summed E-state index contributed by atoms with van der Waals surface area (Å²) < 4.78 is 1.12. The quantitative estimate of drug-likeness (QED) is 0.612. The van der Waals surface area contributed by atoms with Crippen LogP contribution in [0.25, 0.3) is 0 Å². The Morgan fingerprint density at radius 3 is 2.37 bits per heavy atom. The van der Waals surface area contributed by atoms with Gasteiger partial charge in [-0.1, -0.05) is 51.8 Å². The van der Waals surface area contributed by atoms with Gasteiger partial charge in [-0.25, -0.2) is 0 Å². The van der Waals surface area contributed by atoms with Crippen molar-refractivity contribution in [1.82, 2.24) is 0 Å². The first-order valence-corrected chi connectivity index (χ1v) is 7.66. The molecule has 1 atom stereocenters. The van der Waals surface area contributed by atoms with Crippen LogP contribution in [0.4, 0.5) is 0 Å². The molecule has 0 bridgehead atoms. The fraction of sp³-hybridized carbons (Fsp3) is 0.294. The number of hydrogen-bond donors (Lipinski definition) is 0. The highest BCUT2D eigenvalue weighted by molar-refractivity contribution is 9.10. The number of rotatable bonds is 3. The average Bonchev–Trinajstić information content (AvgIpc) is 2.37. The van der Waals surface area contributed by atoms with Gasteiger partial charge >= 0.3 is 0 Å². The van der Waals surface area contributed by atoms with Gasteiger partial charge in [-0.2, -0.15) is 0 Å². The van der Waals surface area contributed by atoms with E-state index in [9.17, 15) is 0 Å². The Morgan fingerprint density at radius 2 is 1.68 bits per heavy atom. The smallest absolute Gasteiger partial charge is 0.0626 e. The molecular formula is C17H18BrCl. The molecule has 2 rings (SSSR count). The van der Waals surface area contributed by atoms with E-state index in [1.165, 1.54) is 27.8 Å². The fourth-order valence-corrected chi connectivity index (χ4v) is 2.83. The molecule has 0 nitrogen and oxygen atoms in total. The van der Waals surface area contributed by atoms with Gasteiger partial charge in [0.25, 0.3) is 0 Å². The van der Waals surface area contributed by atoms with Crippen LogP contribution in [-0.4, -0.2) is 0 Å². The summed E-state index contributed by atoms with van der Waals surface area (Å²) in [5.74, 6) is 0. The highest BCUT2D eigenvalue weighted by Gasteiger charge is 2.11. The summed E-state index contributed by atoms with van der Waals surface area (Å²) in [6.45, 7) is 6.35. The van der Waals surface area contributed by atoms with E-state index in [-0.39, 0.29) is 5.38 Å². The summed E-state index contributed by atoms with van der Waals surface area (Å²) >= 11 is 10.1. The van der Waals surface area contributed by atoms with Crippen LogP contribution in [0.15, 0.2) is 40.9 Å². The van der Waals surface area contributed by atoms with Crippen molar-refractivity contribution in [1.29, 1.82) is 0 Å². The van der Waals surface area contributed by atoms with E-state index in [0.717, 1.165) is 10.9 Å². The number of aryl methyl sites for hydroxylation is 3. The molecule has 0 heterocycles. The van der Waals surface area contributed by atoms with Crippen molar-refractivity contribution in [3.8, 4) is 0 Å². The van der Waals surface area contributed by atoms with Gasteiger partial charge in [0.1, 0.15) is 0 Å². The van der Waals surface area contributed by atoms with Crippen molar-refractivity contribution in [2.24, 2.45) is 0 Å². The predicted molar refractivity (Wildman–Crippen MR) is 87.1 cm³/mol. The summed E-state index contributed by atoms with van der Waals surface area (Å²) in [6, 6.07) is 12.9. The molecule has 0 saturated heterocycles. The van der Waals surface area contributed by atoms with Crippen molar-refractivity contribution in [3.05, 3.63) is 68.7 Å². The van der Waals surface area contributed by atoms with Gasteiger partial charge in [0.05, 0.1) is 5.38 Å². The first-order valence-electron chi connectivity index (χ1n) is 6.43. The van der Waals surface area contributed by atoms with Crippen LogP contribution < -0.4 is 0 Å². The lowest BCUT2D eigenvalue weighted by atomic mass is 9.98. The van der Waals surface area contributed by atoms with Crippen LogP contribution in [0, 0.1) is 20.8 Å². The molecule has 2 aromatic rings. The van der Waals surface area contributed by atoms with Crippen molar-refractivity contribution in [2.45, 2.75) is 32.6 Å². The first kappa shape index (κ1) is 14.6. The molecule has 0 fully saturated rings. The van der Waals surface area contributed by atoms with Crippen LogP contribution in [0.2, 0.25) is 0 Å². The Labute approximate surface area is 128 Å². The summed E-state index contributed by atoms with van der Waals surface area (Å²) in [5.41, 5.74) is 6.33. The van der Waals surface area contributed by atoms with Crippen molar-refractivity contribution < 1.29 is 0 Å². The van der Waals surface area contributed by atoms with Gasteiger partial charge in [-0.3, -0.25) is 0 Å². The molecule has 0 aliphatic heterocycles. The van der Waals surface area contributed by atoms with Crippen LogP contribution in [0.3, 0.4) is 0 Å². The summed E-state index contributed by atoms with van der Waals surface area (Å²) in [7, 11) is 0. The standard InChI is InChI=1S/C17H18BrCl/c1-11-4-5-12(2)15(8-11)10-17(19)14-7-6-13(3)16(18)9-14/h4-9,17H,10H2,1-3H3. The second kappa shape index (κ2) is 6.11. The van der Waals surface area contributed by atoms with Gasteiger partial charge in [-0.15, -0.1) is 11.6 Å². The lowest BCUT2D eigenvalue weighted by molar-refractivity contribution is 0.907. The number of halogens is 2. The van der Waals surface area contributed by atoms with E-state index in [0.29, 0.717) is 0 Å². The average molecular weight is 338 g/mol. The minimum Gasteiger partial charge on any atom is -0.117 e. The maximum Gasteiger partial charge on any atom is 0.0626 e. The lowest BCUT2D eigenvalue weighted by Crippen LogP contribution is -1.99. The molecule has 0 aromatic heterocycles. The van der Waals surface area contributed by atoms with E-state index in [1.807, 2.05) is 0 Å². The highest BCUT2D eigenvalue weighted by atomic mass is 79.9. The molecule has 0 saturated carbocycles. The minimum absolute atomic E-state index is 0.0115. The molecule has 0 radical (unpaired) electrons. The topological polar surface area (TPSA) is 0 Å². The van der Waals surface area contributed by atoms with E-state index < -0.39 is 0 Å². The zero-order chi connectivity index (χ0) is 14.0. The van der Waals surface area contributed by atoms with Crippen molar-refractivity contribution >= 4 is 27.5 Å². The molecule has 2 aromatic carbocycles. The largest absolute Gasteiger partial charge is 0.117 e. The van der Waals surface area contributed by atoms with Crippen molar-refractivity contribution in [2.75, 3.05) is 0 Å². The Bertz CT molecular complexity index is 590. The number of hydrogen-bond acceptors (Lipinski definition) is 0. The van der Waals surface area contributed by atoms with Gasteiger partial charge in [0, 0.05) is 4.47 Å². The summed E-state index contributed by atoms with van der Waals surface area (Å²) in [4.78, 5) is 0. The second-order valence-corrected chi connectivity index (χ2v) is 6.49. The molecule has 0 spiro atoms. The highest BCUT2D eigenvalue weighted by Crippen LogP contribution is 2.29. The maximum absolute atomic E-state index is 6.57. The Balaban J connectivity index is 2.22. The van der Waals surface area contributed by atoms with Crippen LogP contribution in [0.5, 0.6) is 0 Å². The first-order chi connectivity index (χ1) is 8.97. The number of alkyl halides is 1. The van der Waals surface area contributed by atoms with Gasteiger partial charge in [0.15, 0.2) is 0 Å². The van der Waals surface area contributed by atoms with Gasteiger partial charge < -0.3 is 0 Å². The third kappa shape index (κ3) is 3.61. The van der Waals surface area contributed by atoms with Crippen LogP contribution in [-0.2, 0) is 6.42 Å². The molecule has 0 amide bonds. The van der Waals surface area contributed by atoms with Gasteiger partial charge in [-0.05, 0) is 55.5 Å². The monoisotopic (exact) mass is 336 g/mol. The molecular weight excluding hydrogens is 320 g/mol. The minimum atomic E-state index is 0.0115. The van der Waals surface area contributed by atoms with E-state index in [2.05, 4.69) is 73.1 Å². The summed E-state index contributed by atoms with van der Waals surface area (Å²) in [5, 5.41) is 0.0115. The lowest BCUT2D eigenvalue weighted by Gasteiger charge is -2.14. The molecule has 100 valence electrons. The SMILES string of the molecule is Cc1ccc(C)c(CC(Cl)c2ccc(C)c(Br)c2)c1. The summed E-state index contributed by atoms with van der Waals surface area (Å²) in [6.07, 6.45) is 0.866. The number of benzene rings is 2. The predicted octanol–water partition coefficient (Wildman–Crippen LogP) is 5.90. The molecule has 19 heavy (non-hydrogen) atoms. The molecule has 0 aliphatic rings. The molecule has 1 unspecified atom stereocenters. The Morgan fingerprint density at radius 1 is 1.00 bits per heavy atom. The molecule has 0 aliphatic carbocycles. The Kier molecular flexibility index (Phi) is 4.70.